The van der Waals surface area contributed by atoms with Crippen molar-refractivity contribution in [3.05, 3.63) is 34.3 Å². The van der Waals surface area contributed by atoms with Gasteiger partial charge in [-0.05, 0) is 43.6 Å². The molecule has 1 aromatic carbocycles. The summed E-state index contributed by atoms with van der Waals surface area (Å²) in [6.07, 6.45) is 4.16. The SMILES string of the molecule is O=C(NCCN1CCCCC1)[C@@H]1CC(=O)N(Cc2cccc(Br)c2)C1. The van der Waals surface area contributed by atoms with E-state index in [1.54, 1.807) is 4.90 Å². The number of rotatable bonds is 6. The Morgan fingerprint density at radius 2 is 2.04 bits per heavy atom. The fraction of sp³-hybridized carbons (Fsp3) is 0.579. The van der Waals surface area contributed by atoms with Crippen molar-refractivity contribution in [1.29, 1.82) is 0 Å². The van der Waals surface area contributed by atoms with Crippen molar-refractivity contribution in [3.63, 3.8) is 0 Å². The second-order valence-corrected chi connectivity index (χ2v) is 7.91. The highest BCUT2D eigenvalue weighted by Gasteiger charge is 2.34. The Kier molecular flexibility index (Phi) is 6.48. The van der Waals surface area contributed by atoms with Crippen LogP contribution >= 0.6 is 15.9 Å². The van der Waals surface area contributed by atoms with Gasteiger partial charge in [0.1, 0.15) is 0 Å². The van der Waals surface area contributed by atoms with Crippen LogP contribution in [-0.4, -0.2) is 54.3 Å². The van der Waals surface area contributed by atoms with E-state index in [9.17, 15) is 9.59 Å². The third-order valence-electron chi connectivity index (χ3n) is 5.02. The summed E-state index contributed by atoms with van der Waals surface area (Å²) in [5, 5.41) is 3.02. The Morgan fingerprint density at radius 1 is 1.24 bits per heavy atom. The predicted molar refractivity (Wildman–Crippen MR) is 101 cm³/mol. The van der Waals surface area contributed by atoms with E-state index in [2.05, 4.69) is 26.1 Å². The van der Waals surface area contributed by atoms with Crippen molar-refractivity contribution in [2.75, 3.05) is 32.7 Å². The smallest absolute Gasteiger partial charge is 0.225 e. The minimum atomic E-state index is -0.221. The zero-order chi connectivity index (χ0) is 17.6. The van der Waals surface area contributed by atoms with Gasteiger partial charge in [-0.2, -0.15) is 0 Å². The summed E-state index contributed by atoms with van der Waals surface area (Å²) in [6.45, 7) is 4.94. The number of likely N-dealkylation sites (tertiary alicyclic amines) is 2. The lowest BCUT2D eigenvalue weighted by molar-refractivity contribution is -0.129. The molecular formula is C19H26BrN3O2. The lowest BCUT2D eigenvalue weighted by atomic mass is 10.1. The van der Waals surface area contributed by atoms with E-state index in [0.717, 1.165) is 29.7 Å². The van der Waals surface area contributed by atoms with Crippen LogP contribution in [0.4, 0.5) is 0 Å². The maximum Gasteiger partial charge on any atom is 0.225 e. The van der Waals surface area contributed by atoms with Gasteiger partial charge in [0.15, 0.2) is 0 Å². The van der Waals surface area contributed by atoms with E-state index >= 15 is 0 Å². The summed E-state index contributed by atoms with van der Waals surface area (Å²) in [5.41, 5.74) is 1.08. The first kappa shape index (κ1) is 18.4. The van der Waals surface area contributed by atoms with Gasteiger partial charge >= 0.3 is 0 Å². The van der Waals surface area contributed by atoms with Crippen LogP contribution in [0.1, 0.15) is 31.2 Å². The lowest BCUT2D eigenvalue weighted by Gasteiger charge is -2.26. The summed E-state index contributed by atoms with van der Waals surface area (Å²) in [6, 6.07) is 7.95. The Labute approximate surface area is 157 Å². The average Bonchev–Trinajstić information content (AvgIpc) is 2.97. The van der Waals surface area contributed by atoms with Crippen molar-refractivity contribution in [2.24, 2.45) is 5.92 Å². The molecule has 136 valence electrons. The molecule has 2 amide bonds. The number of nitrogens with one attached hydrogen (secondary N) is 1. The molecule has 0 aromatic heterocycles. The van der Waals surface area contributed by atoms with Gasteiger partial charge in [0, 0.05) is 37.1 Å². The number of carbonyl (C=O) groups excluding carboxylic acids is 2. The molecule has 2 aliphatic heterocycles. The maximum atomic E-state index is 12.4. The average molecular weight is 408 g/mol. The summed E-state index contributed by atoms with van der Waals surface area (Å²) in [7, 11) is 0. The quantitative estimate of drug-likeness (QED) is 0.787. The van der Waals surface area contributed by atoms with E-state index < -0.39 is 0 Å². The van der Waals surface area contributed by atoms with Gasteiger partial charge in [-0.25, -0.2) is 0 Å². The van der Waals surface area contributed by atoms with Gasteiger partial charge in [0.2, 0.25) is 11.8 Å². The van der Waals surface area contributed by atoms with Crippen molar-refractivity contribution >= 4 is 27.7 Å². The first-order chi connectivity index (χ1) is 12.1. The number of carbonyl (C=O) groups is 2. The van der Waals surface area contributed by atoms with Crippen LogP contribution in [-0.2, 0) is 16.1 Å². The fourth-order valence-electron chi connectivity index (χ4n) is 3.62. The van der Waals surface area contributed by atoms with Crippen LogP contribution in [0.2, 0.25) is 0 Å². The maximum absolute atomic E-state index is 12.4. The van der Waals surface area contributed by atoms with Crippen LogP contribution in [0, 0.1) is 5.92 Å². The molecule has 1 N–H and O–H groups in total. The van der Waals surface area contributed by atoms with E-state index in [1.165, 1.54) is 19.3 Å². The number of hydrogen-bond acceptors (Lipinski definition) is 3. The normalized spacial score (nSPS) is 21.6. The molecule has 0 bridgehead atoms. The molecule has 2 fully saturated rings. The van der Waals surface area contributed by atoms with Crippen LogP contribution < -0.4 is 5.32 Å². The third-order valence-corrected chi connectivity index (χ3v) is 5.52. The second kappa shape index (κ2) is 8.81. The Hall–Kier alpha value is -1.40. The minimum absolute atomic E-state index is 0.0158. The number of nitrogens with zero attached hydrogens (tertiary/aromatic N) is 2. The summed E-state index contributed by atoms with van der Waals surface area (Å²) in [4.78, 5) is 28.8. The van der Waals surface area contributed by atoms with Gasteiger partial charge in [-0.15, -0.1) is 0 Å². The van der Waals surface area contributed by atoms with Crippen LogP contribution in [0.25, 0.3) is 0 Å². The van der Waals surface area contributed by atoms with Crippen molar-refractivity contribution in [2.45, 2.75) is 32.2 Å². The van der Waals surface area contributed by atoms with Crippen molar-refractivity contribution in [1.82, 2.24) is 15.1 Å². The molecule has 2 aliphatic rings. The molecule has 2 saturated heterocycles. The molecule has 1 aromatic rings. The number of benzene rings is 1. The van der Waals surface area contributed by atoms with Gasteiger partial charge in [0.25, 0.3) is 0 Å². The Morgan fingerprint density at radius 3 is 2.80 bits per heavy atom. The van der Waals surface area contributed by atoms with E-state index in [-0.39, 0.29) is 17.7 Å². The summed E-state index contributed by atoms with van der Waals surface area (Å²) >= 11 is 3.45. The van der Waals surface area contributed by atoms with Gasteiger partial charge in [0.05, 0.1) is 5.92 Å². The van der Waals surface area contributed by atoms with E-state index in [4.69, 9.17) is 0 Å². The molecule has 5 nitrogen and oxygen atoms in total. The zero-order valence-corrected chi connectivity index (χ0v) is 16.1. The van der Waals surface area contributed by atoms with E-state index in [0.29, 0.717) is 26.1 Å². The number of amides is 2. The topological polar surface area (TPSA) is 52.7 Å². The first-order valence-corrected chi connectivity index (χ1v) is 9.93. The molecule has 0 saturated carbocycles. The third kappa shape index (κ3) is 5.28. The molecule has 3 rings (SSSR count). The van der Waals surface area contributed by atoms with Crippen LogP contribution in [0.15, 0.2) is 28.7 Å². The molecule has 0 radical (unpaired) electrons. The van der Waals surface area contributed by atoms with E-state index in [1.807, 2.05) is 24.3 Å². The monoisotopic (exact) mass is 407 g/mol. The summed E-state index contributed by atoms with van der Waals surface area (Å²) in [5.74, 6) is -0.140. The number of hydrogen-bond donors (Lipinski definition) is 1. The van der Waals surface area contributed by atoms with Gasteiger partial charge in [-0.3, -0.25) is 9.59 Å². The molecule has 2 heterocycles. The lowest BCUT2D eigenvalue weighted by Crippen LogP contribution is -2.40. The largest absolute Gasteiger partial charge is 0.355 e. The highest BCUT2D eigenvalue weighted by atomic mass is 79.9. The molecule has 6 heteroatoms. The Balaban J connectivity index is 1.43. The van der Waals surface area contributed by atoms with Crippen molar-refractivity contribution in [3.8, 4) is 0 Å². The molecule has 25 heavy (non-hydrogen) atoms. The first-order valence-electron chi connectivity index (χ1n) is 9.14. The fourth-order valence-corrected chi connectivity index (χ4v) is 4.07. The van der Waals surface area contributed by atoms with Crippen molar-refractivity contribution < 1.29 is 9.59 Å². The number of halogens is 1. The molecule has 0 spiro atoms. The molecule has 1 atom stereocenters. The molecular weight excluding hydrogens is 382 g/mol. The Bertz CT molecular complexity index is 616. The second-order valence-electron chi connectivity index (χ2n) is 7.00. The van der Waals surface area contributed by atoms with Crippen LogP contribution in [0.5, 0.6) is 0 Å². The predicted octanol–water partition coefficient (Wildman–Crippen LogP) is 2.40. The highest BCUT2D eigenvalue weighted by molar-refractivity contribution is 9.10. The molecule has 0 aliphatic carbocycles. The van der Waals surface area contributed by atoms with Gasteiger partial charge in [-0.1, -0.05) is 34.5 Å². The summed E-state index contributed by atoms with van der Waals surface area (Å²) < 4.78 is 1.00. The highest BCUT2D eigenvalue weighted by Crippen LogP contribution is 2.21. The van der Waals surface area contributed by atoms with Gasteiger partial charge < -0.3 is 15.1 Å². The minimum Gasteiger partial charge on any atom is -0.355 e. The zero-order valence-electron chi connectivity index (χ0n) is 14.5. The molecule has 0 unspecified atom stereocenters. The number of piperidine rings is 1. The van der Waals surface area contributed by atoms with Crippen LogP contribution in [0.3, 0.4) is 0 Å². The standard InChI is InChI=1S/C19H26BrN3O2/c20-17-6-4-5-15(11-17)13-23-14-16(12-18(23)24)19(25)21-7-10-22-8-2-1-3-9-22/h4-6,11,16H,1-3,7-10,12-14H2,(H,21,25)/t16-/m1/s1.